The Morgan fingerprint density at radius 1 is 1.41 bits per heavy atom. The van der Waals surface area contributed by atoms with Gasteiger partial charge < -0.3 is 5.11 Å². The van der Waals surface area contributed by atoms with Crippen molar-refractivity contribution in [3.8, 4) is 0 Å². The number of aryl methyl sites for hydroxylation is 1. The minimum atomic E-state index is -0.965. The predicted octanol–water partition coefficient (Wildman–Crippen LogP) is 2.88. The van der Waals surface area contributed by atoms with E-state index >= 15 is 0 Å². The van der Waals surface area contributed by atoms with Crippen molar-refractivity contribution >= 4 is 17.3 Å². The van der Waals surface area contributed by atoms with Crippen LogP contribution < -0.4 is 0 Å². The van der Waals surface area contributed by atoms with E-state index in [2.05, 4.69) is 4.98 Å². The van der Waals surface area contributed by atoms with E-state index in [1.54, 1.807) is 19.1 Å². The summed E-state index contributed by atoms with van der Waals surface area (Å²) in [6.07, 6.45) is 0.409. The van der Waals surface area contributed by atoms with Crippen molar-refractivity contribution in [2.45, 2.75) is 13.3 Å². The molecule has 0 aliphatic heterocycles. The van der Waals surface area contributed by atoms with Gasteiger partial charge in [0.2, 0.25) is 0 Å². The van der Waals surface area contributed by atoms with Crippen LogP contribution in [0.15, 0.2) is 24.3 Å². The number of carboxylic acid groups (broad SMARTS) is 1. The third-order valence-corrected chi connectivity index (χ3v) is 3.28. The Kier molecular flexibility index (Phi) is 3.19. The van der Waals surface area contributed by atoms with Crippen LogP contribution in [0.4, 0.5) is 4.39 Å². The first-order chi connectivity index (χ1) is 8.06. The van der Waals surface area contributed by atoms with Crippen molar-refractivity contribution in [3.05, 3.63) is 51.2 Å². The molecular formula is C12H10FNO2S. The molecule has 0 bridgehead atoms. The molecule has 17 heavy (non-hydrogen) atoms. The Balaban J connectivity index is 2.29. The molecule has 5 heteroatoms. The van der Waals surface area contributed by atoms with Crippen LogP contribution in [-0.2, 0) is 6.42 Å². The van der Waals surface area contributed by atoms with Crippen molar-refractivity contribution in [1.82, 2.24) is 4.98 Å². The number of hydrogen-bond donors (Lipinski definition) is 1. The topological polar surface area (TPSA) is 50.2 Å². The highest BCUT2D eigenvalue weighted by atomic mass is 32.1. The van der Waals surface area contributed by atoms with E-state index in [9.17, 15) is 9.18 Å². The first-order valence-electron chi connectivity index (χ1n) is 5.00. The average molecular weight is 251 g/mol. The molecule has 0 saturated heterocycles. The summed E-state index contributed by atoms with van der Waals surface area (Å²) >= 11 is 1.16. The second kappa shape index (κ2) is 4.63. The Labute approximate surface area is 102 Å². The van der Waals surface area contributed by atoms with Gasteiger partial charge in [0.25, 0.3) is 0 Å². The second-order valence-corrected chi connectivity index (χ2v) is 4.82. The van der Waals surface area contributed by atoms with Gasteiger partial charge >= 0.3 is 5.97 Å². The lowest BCUT2D eigenvalue weighted by Gasteiger charge is -1.99. The molecule has 0 unspecified atom stereocenters. The van der Waals surface area contributed by atoms with Crippen molar-refractivity contribution in [1.29, 1.82) is 0 Å². The van der Waals surface area contributed by atoms with E-state index in [-0.39, 0.29) is 10.7 Å². The van der Waals surface area contributed by atoms with Crippen LogP contribution in [0.3, 0.4) is 0 Å². The first-order valence-corrected chi connectivity index (χ1v) is 5.82. The lowest BCUT2D eigenvalue weighted by molar-refractivity contribution is 0.0701. The third kappa shape index (κ3) is 2.68. The minimum absolute atomic E-state index is 0.256. The fraction of sp³-hybridized carbons (Fsp3) is 0.167. The summed E-state index contributed by atoms with van der Waals surface area (Å²) in [6, 6.07) is 5.98. The number of benzene rings is 1. The zero-order chi connectivity index (χ0) is 12.4. The fourth-order valence-electron chi connectivity index (χ4n) is 1.55. The maximum atomic E-state index is 12.7. The SMILES string of the molecule is Cc1nc(Cc2ccc(F)cc2)c(C(=O)O)s1. The number of halogens is 1. The quantitative estimate of drug-likeness (QED) is 0.912. The molecule has 0 saturated carbocycles. The maximum absolute atomic E-state index is 12.7. The van der Waals surface area contributed by atoms with Crippen LogP contribution in [0.25, 0.3) is 0 Å². The van der Waals surface area contributed by atoms with E-state index in [1.807, 2.05) is 0 Å². The lowest BCUT2D eigenvalue weighted by atomic mass is 10.1. The van der Waals surface area contributed by atoms with Crippen LogP contribution in [-0.4, -0.2) is 16.1 Å². The molecule has 0 radical (unpaired) electrons. The molecule has 0 amide bonds. The Morgan fingerprint density at radius 3 is 2.65 bits per heavy atom. The average Bonchev–Trinajstić information content (AvgIpc) is 2.63. The molecule has 0 fully saturated rings. The maximum Gasteiger partial charge on any atom is 0.347 e. The summed E-state index contributed by atoms with van der Waals surface area (Å²) in [5.41, 5.74) is 1.38. The van der Waals surface area contributed by atoms with Gasteiger partial charge in [-0.05, 0) is 24.6 Å². The molecule has 3 nitrogen and oxygen atoms in total. The number of aromatic nitrogens is 1. The molecule has 0 aliphatic rings. The molecule has 1 aromatic carbocycles. The number of hydrogen-bond acceptors (Lipinski definition) is 3. The molecular weight excluding hydrogens is 241 g/mol. The second-order valence-electron chi connectivity index (χ2n) is 3.62. The zero-order valence-electron chi connectivity index (χ0n) is 9.11. The number of carbonyl (C=O) groups is 1. The van der Waals surface area contributed by atoms with Gasteiger partial charge in [-0.3, -0.25) is 0 Å². The molecule has 1 aromatic heterocycles. The van der Waals surface area contributed by atoms with Crippen molar-refractivity contribution in [2.75, 3.05) is 0 Å². The van der Waals surface area contributed by atoms with Crippen molar-refractivity contribution < 1.29 is 14.3 Å². The van der Waals surface area contributed by atoms with Gasteiger partial charge in [-0.25, -0.2) is 14.2 Å². The number of aromatic carboxylic acids is 1. The van der Waals surface area contributed by atoms with Crippen LogP contribution in [0.2, 0.25) is 0 Å². The summed E-state index contributed by atoms with van der Waals surface area (Å²) in [6.45, 7) is 1.77. The highest BCUT2D eigenvalue weighted by Gasteiger charge is 2.15. The monoisotopic (exact) mass is 251 g/mol. The largest absolute Gasteiger partial charge is 0.477 e. The van der Waals surface area contributed by atoms with E-state index in [1.165, 1.54) is 12.1 Å². The van der Waals surface area contributed by atoms with Crippen LogP contribution in [0.5, 0.6) is 0 Å². The molecule has 0 spiro atoms. The van der Waals surface area contributed by atoms with Gasteiger partial charge in [-0.2, -0.15) is 0 Å². The van der Waals surface area contributed by atoms with Crippen LogP contribution >= 0.6 is 11.3 Å². The summed E-state index contributed by atoms with van der Waals surface area (Å²) in [5, 5.41) is 9.73. The fourth-order valence-corrected chi connectivity index (χ4v) is 2.33. The van der Waals surface area contributed by atoms with E-state index in [4.69, 9.17) is 5.11 Å². The summed E-state index contributed by atoms with van der Waals surface area (Å²) in [5.74, 6) is -1.27. The van der Waals surface area contributed by atoms with Gasteiger partial charge in [0.1, 0.15) is 10.7 Å². The molecule has 2 aromatic rings. The van der Waals surface area contributed by atoms with Crippen molar-refractivity contribution in [2.24, 2.45) is 0 Å². The Hall–Kier alpha value is -1.75. The predicted molar refractivity (Wildman–Crippen MR) is 63.0 cm³/mol. The standard InChI is InChI=1S/C12H10FNO2S/c1-7-14-10(11(17-7)12(15)16)6-8-2-4-9(13)5-3-8/h2-5H,6H2,1H3,(H,15,16). The number of nitrogens with zero attached hydrogens (tertiary/aromatic N) is 1. The highest BCUT2D eigenvalue weighted by Crippen LogP contribution is 2.20. The van der Waals surface area contributed by atoms with Crippen LogP contribution in [0.1, 0.15) is 25.9 Å². The number of rotatable bonds is 3. The number of carboxylic acids is 1. The van der Waals surface area contributed by atoms with E-state index < -0.39 is 5.97 Å². The van der Waals surface area contributed by atoms with Gasteiger partial charge in [0.05, 0.1) is 10.7 Å². The molecule has 0 atom stereocenters. The van der Waals surface area contributed by atoms with E-state index in [0.29, 0.717) is 12.1 Å². The van der Waals surface area contributed by atoms with Gasteiger partial charge in [0.15, 0.2) is 0 Å². The smallest absolute Gasteiger partial charge is 0.347 e. The Morgan fingerprint density at radius 2 is 2.06 bits per heavy atom. The molecule has 1 N–H and O–H groups in total. The highest BCUT2D eigenvalue weighted by molar-refractivity contribution is 7.13. The van der Waals surface area contributed by atoms with Gasteiger partial charge in [-0.1, -0.05) is 12.1 Å². The van der Waals surface area contributed by atoms with E-state index in [0.717, 1.165) is 21.9 Å². The lowest BCUT2D eigenvalue weighted by Crippen LogP contribution is -2.00. The molecule has 2 rings (SSSR count). The third-order valence-electron chi connectivity index (χ3n) is 2.28. The molecule has 1 heterocycles. The summed E-state index contributed by atoms with van der Waals surface area (Å²) < 4.78 is 12.7. The minimum Gasteiger partial charge on any atom is -0.477 e. The van der Waals surface area contributed by atoms with Crippen molar-refractivity contribution in [3.63, 3.8) is 0 Å². The van der Waals surface area contributed by atoms with Gasteiger partial charge in [-0.15, -0.1) is 11.3 Å². The summed E-state index contributed by atoms with van der Waals surface area (Å²) in [4.78, 5) is 15.4. The number of thiazole rings is 1. The Bertz CT molecular complexity index is 548. The normalized spacial score (nSPS) is 10.5. The van der Waals surface area contributed by atoms with Gasteiger partial charge in [0, 0.05) is 6.42 Å². The molecule has 88 valence electrons. The zero-order valence-corrected chi connectivity index (χ0v) is 9.92. The summed E-state index contributed by atoms with van der Waals surface area (Å²) in [7, 11) is 0. The molecule has 0 aliphatic carbocycles. The van der Waals surface area contributed by atoms with Crippen LogP contribution in [0, 0.1) is 12.7 Å². The first kappa shape index (κ1) is 11.7.